The summed E-state index contributed by atoms with van der Waals surface area (Å²) in [5, 5.41) is 13.5. The first-order chi connectivity index (χ1) is 11.2. The van der Waals surface area contributed by atoms with Gasteiger partial charge in [0.15, 0.2) is 15.6 Å². The molecule has 0 bridgehead atoms. The van der Waals surface area contributed by atoms with Crippen LogP contribution in [0.5, 0.6) is 0 Å². The molecule has 124 valence electrons. The zero-order valence-corrected chi connectivity index (χ0v) is 13.7. The third kappa shape index (κ3) is 1.95. The maximum atomic E-state index is 13.6. The number of hydrogen-bond acceptors (Lipinski definition) is 4. The van der Waals surface area contributed by atoms with Crippen LogP contribution in [-0.2, 0) is 22.0 Å². The predicted molar refractivity (Wildman–Crippen MR) is 84.1 cm³/mol. The molecule has 1 amide bonds. The summed E-state index contributed by atoms with van der Waals surface area (Å²) < 4.78 is 37.7. The summed E-state index contributed by atoms with van der Waals surface area (Å²) in [6, 6.07) is 6.21. The number of amides is 1. The second-order valence-corrected chi connectivity index (χ2v) is 8.31. The first-order valence-electron chi connectivity index (χ1n) is 7.13. The zero-order valence-electron chi connectivity index (χ0n) is 12.1. The molecule has 0 aromatic heterocycles. The van der Waals surface area contributed by atoms with Gasteiger partial charge in [-0.15, -0.1) is 0 Å². The highest BCUT2D eigenvalue weighted by atomic mass is 35.5. The van der Waals surface area contributed by atoms with Crippen LogP contribution < -0.4 is 5.32 Å². The molecule has 0 radical (unpaired) electrons. The van der Waals surface area contributed by atoms with Crippen molar-refractivity contribution in [2.45, 2.75) is 17.0 Å². The Morgan fingerprint density at radius 1 is 1.21 bits per heavy atom. The average molecular weight is 368 g/mol. The van der Waals surface area contributed by atoms with Crippen LogP contribution in [0.25, 0.3) is 0 Å². The van der Waals surface area contributed by atoms with Crippen LogP contribution in [0.2, 0.25) is 5.02 Å². The SMILES string of the molecule is O=C1NC(O)(c2cc(F)ccc2Cl)c2ccc3c(c21)CCS3(=O)=O. The van der Waals surface area contributed by atoms with Gasteiger partial charge in [0.25, 0.3) is 5.91 Å². The molecule has 2 aromatic carbocycles. The number of hydrogen-bond donors (Lipinski definition) is 2. The highest BCUT2D eigenvalue weighted by Gasteiger charge is 2.47. The van der Waals surface area contributed by atoms with Crippen molar-refractivity contribution in [1.82, 2.24) is 5.32 Å². The Morgan fingerprint density at radius 2 is 1.96 bits per heavy atom. The Kier molecular flexibility index (Phi) is 3.10. The third-order valence-corrected chi connectivity index (χ3v) is 6.58. The molecule has 5 nitrogen and oxygen atoms in total. The van der Waals surface area contributed by atoms with Crippen molar-refractivity contribution in [1.29, 1.82) is 0 Å². The van der Waals surface area contributed by atoms with Crippen molar-refractivity contribution in [3.8, 4) is 0 Å². The quantitative estimate of drug-likeness (QED) is 0.804. The summed E-state index contributed by atoms with van der Waals surface area (Å²) in [5.41, 5.74) is -1.33. The summed E-state index contributed by atoms with van der Waals surface area (Å²) in [6.07, 6.45) is 0.196. The lowest BCUT2D eigenvalue weighted by Crippen LogP contribution is -2.40. The zero-order chi connectivity index (χ0) is 17.3. The monoisotopic (exact) mass is 367 g/mol. The lowest BCUT2D eigenvalue weighted by molar-refractivity contribution is 0.0474. The van der Waals surface area contributed by atoms with Crippen LogP contribution in [-0.4, -0.2) is 25.2 Å². The number of nitrogens with one attached hydrogen (secondary N) is 1. The minimum Gasteiger partial charge on any atom is -0.363 e. The van der Waals surface area contributed by atoms with E-state index in [1.807, 2.05) is 0 Å². The molecule has 2 N–H and O–H groups in total. The topological polar surface area (TPSA) is 83.5 Å². The van der Waals surface area contributed by atoms with Gasteiger partial charge in [-0.25, -0.2) is 12.8 Å². The Labute approximate surface area is 142 Å². The average Bonchev–Trinajstić information content (AvgIpc) is 2.97. The molecular weight excluding hydrogens is 357 g/mol. The first kappa shape index (κ1) is 15.6. The molecule has 2 heterocycles. The lowest BCUT2D eigenvalue weighted by Gasteiger charge is -2.25. The standard InChI is InChI=1S/C16H11ClFNO4S/c17-12-3-1-8(18)7-11(12)16(21)10-2-4-13-9(5-6-24(13,22)23)14(10)15(20)19-16/h1-4,7,21H,5-6H2,(H,19,20). The minimum atomic E-state index is -3.42. The Morgan fingerprint density at radius 3 is 2.71 bits per heavy atom. The maximum Gasteiger partial charge on any atom is 0.254 e. The van der Waals surface area contributed by atoms with Gasteiger partial charge in [-0.1, -0.05) is 17.7 Å². The first-order valence-corrected chi connectivity index (χ1v) is 9.16. The van der Waals surface area contributed by atoms with E-state index in [1.165, 1.54) is 18.2 Å². The molecule has 0 fully saturated rings. The highest BCUT2D eigenvalue weighted by Crippen LogP contribution is 2.42. The fourth-order valence-electron chi connectivity index (χ4n) is 3.36. The molecule has 1 atom stereocenters. The van der Waals surface area contributed by atoms with Crippen molar-refractivity contribution < 1.29 is 22.7 Å². The van der Waals surface area contributed by atoms with Crippen molar-refractivity contribution in [3.63, 3.8) is 0 Å². The molecule has 0 aliphatic carbocycles. The third-order valence-electron chi connectivity index (χ3n) is 4.46. The van der Waals surface area contributed by atoms with E-state index in [1.54, 1.807) is 0 Å². The van der Waals surface area contributed by atoms with Crippen LogP contribution in [0.3, 0.4) is 0 Å². The van der Waals surface area contributed by atoms with E-state index in [-0.39, 0.29) is 38.8 Å². The van der Waals surface area contributed by atoms with Crippen LogP contribution in [0.15, 0.2) is 35.2 Å². The minimum absolute atomic E-state index is 0.00271. The van der Waals surface area contributed by atoms with Gasteiger partial charge in [-0.3, -0.25) is 4.79 Å². The molecule has 1 unspecified atom stereocenters. The fraction of sp³-hybridized carbons (Fsp3) is 0.188. The van der Waals surface area contributed by atoms with Crippen LogP contribution in [0, 0.1) is 5.82 Å². The smallest absolute Gasteiger partial charge is 0.254 e. The number of carbonyl (C=O) groups excluding carboxylic acids is 1. The molecule has 24 heavy (non-hydrogen) atoms. The van der Waals surface area contributed by atoms with Gasteiger partial charge in [0, 0.05) is 16.1 Å². The van der Waals surface area contributed by atoms with Gasteiger partial charge in [-0.05, 0) is 36.2 Å². The Balaban J connectivity index is 2.00. The second kappa shape index (κ2) is 4.78. The normalized spacial score (nSPS) is 23.7. The lowest BCUT2D eigenvalue weighted by atomic mass is 9.91. The van der Waals surface area contributed by atoms with Gasteiger partial charge < -0.3 is 10.4 Å². The highest BCUT2D eigenvalue weighted by molar-refractivity contribution is 7.91. The van der Waals surface area contributed by atoms with Crippen molar-refractivity contribution in [3.05, 3.63) is 63.4 Å². The molecule has 8 heteroatoms. The summed E-state index contributed by atoms with van der Waals surface area (Å²) >= 11 is 6.07. The van der Waals surface area contributed by atoms with Gasteiger partial charge in [-0.2, -0.15) is 0 Å². The number of benzene rings is 2. The molecule has 0 spiro atoms. The van der Waals surface area contributed by atoms with Crippen LogP contribution >= 0.6 is 11.6 Å². The molecule has 2 aliphatic rings. The molecule has 0 saturated heterocycles. The van der Waals surface area contributed by atoms with Crippen molar-refractivity contribution >= 4 is 27.3 Å². The number of rotatable bonds is 1. The van der Waals surface area contributed by atoms with Crippen molar-refractivity contribution in [2.75, 3.05) is 5.75 Å². The molecule has 4 rings (SSSR count). The second-order valence-electron chi connectivity index (χ2n) is 5.82. The Hall–Kier alpha value is -1.96. The maximum absolute atomic E-state index is 13.6. The van der Waals surface area contributed by atoms with Crippen LogP contribution in [0.4, 0.5) is 4.39 Å². The number of sulfone groups is 1. The number of carbonyl (C=O) groups is 1. The molecule has 0 saturated carbocycles. The molecule has 2 aliphatic heterocycles. The van der Waals surface area contributed by atoms with Crippen molar-refractivity contribution in [2.24, 2.45) is 0 Å². The van der Waals surface area contributed by atoms with E-state index in [0.717, 1.165) is 12.1 Å². The number of fused-ring (bicyclic) bond motifs is 3. The summed E-state index contributed by atoms with van der Waals surface area (Å²) in [5.74, 6) is -1.30. The van der Waals surface area contributed by atoms with Crippen LogP contribution in [0.1, 0.15) is 27.0 Å². The predicted octanol–water partition coefficient (Wildman–Crippen LogP) is 1.75. The largest absolute Gasteiger partial charge is 0.363 e. The fourth-order valence-corrected chi connectivity index (χ4v) is 5.16. The summed E-state index contributed by atoms with van der Waals surface area (Å²) in [4.78, 5) is 12.5. The van der Waals surface area contributed by atoms with Gasteiger partial charge in [0.2, 0.25) is 0 Å². The van der Waals surface area contributed by atoms with Gasteiger partial charge in [0.05, 0.1) is 16.2 Å². The van der Waals surface area contributed by atoms with E-state index >= 15 is 0 Å². The van der Waals surface area contributed by atoms with E-state index in [4.69, 9.17) is 11.6 Å². The van der Waals surface area contributed by atoms with E-state index in [0.29, 0.717) is 5.56 Å². The molecule has 2 aromatic rings. The van der Waals surface area contributed by atoms with E-state index in [9.17, 15) is 22.7 Å². The van der Waals surface area contributed by atoms with Gasteiger partial charge in [0.1, 0.15) is 5.82 Å². The summed E-state index contributed by atoms with van der Waals surface area (Å²) in [6.45, 7) is 0. The Bertz CT molecular complexity index is 1020. The van der Waals surface area contributed by atoms with E-state index < -0.39 is 27.3 Å². The summed E-state index contributed by atoms with van der Waals surface area (Å²) in [7, 11) is -3.42. The van der Waals surface area contributed by atoms with Gasteiger partial charge >= 0.3 is 0 Å². The molecular formula is C16H11ClFNO4S. The number of halogens is 2. The van der Waals surface area contributed by atoms with E-state index in [2.05, 4.69) is 5.32 Å². The number of aliphatic hydroxyl groups is 1.